The topological polar surface area (TPSA) is 16.1 Å². The number of hydrogen-bond acceptors (Lipinski definition) is 2. The Morgan fingerprint density at radius 3 is 2.61 bits per heavy atom. The van der Waals surface area contributed by atoms with E-state index in [2.05, 4.69) is 4.98 Å². The zero-order valence-corrected chi connectivity index (χ0v) is 10.9. The lowest BCUT2D eigenvalue weighted by Crippen LogP contribution is -2.18. The summed E-state index contributed by atoms with van der Waals surface area (Å²) in [5.41, 5.74) is 1.75. The van der Waals surface area contributed by atoms with Gasteiger partial charge in [0.05, 0.1) is 0 Å². The van der Waals surface area contributed by atoms with Crippen LogP contribution in [0.4, 0.5) is 4.39 Å². The van der Waals surface area contributed by atoms with Crippen molar-refractivity contribution in [2.75, 3.05) is 7.05 Å². The van der Waals surface area contributed by atoms with Crippen LogP contribution >= 0.6 is 11.6 Å². The molecule has 2 rings (SSSR count). The molecule has 0 bridgehead atoms. The first-order valence-electron chi connectivity index (χ1n) is 5.67. The first-order valence-corrected chi connectivity index (χ1v) is 6.05. The van der Waals surface area contributed by atoms with Crippen molar-refractivity contribution >= 4 is 11.6 Å². The Bertz CT molecular complexity index is 513. The van der Waals surface area contributed by atoms with Crippen LogP contribution in [0.15, 0.2) is 42.6 Å². The van der Waals surface area contributed by atoms with E-state index in [1.54, 1.807) is 24.4 Å². The van der Waals surface area contributed by atoms with Crippen molar-refractivity contribution in [2.45, 2.75) is 13.1 Å². The fourth-order valence-corrected chi connectivity index (χ4v) is 1.90. The SMILES string of the molecule is CN(Cc1ccc(Cl)nc1)Cc1ccccc1F. The fourth-order valence-electron chi connectivity index (χ4n) is 1.78. The zero-order chi connectivity index (χ0) is 13.0. The molecule has 0 N–H and O–H groups in total. The van der Waals surface area contributed by atoms with Crippen molar-refractivity contribution in [3.63, 3.8) is 0 Å². The number of hydrogen-bond donors (Lipinski definition) is 0. The summed E-state index contributed by atoms with van der Waals surface area (Å²) in [5, 5.41) is 0.482. The summed E-state index contributed by atoms with van der Waals surface area (Å²) in [6.07, 6.45) is 1.74. The predicted molar refractivity (Wildman–Crippen MR) is 70.8 cm³/mol. The Morgan fingerprint density at radius 1 is 1.17 bits per heavy atom. The molecule has 2 aromatic rings. The number of rotatable bonds is 4. The minimum Gasteiger partial charge on any atom is -0.298 e. The molecule has 2 nitrogen and oxygen atoms in total. The van der Waals surface area contributed by atoms with Gasteiger partial charge in [-0.1, -0.05) is 35.9 Å². The van der Waals surface area contributed by atoms with Crippen LogP contribution in [-0.2, 0) is 13.1 Å². The van der Waals surface area contributed by atoms with E-state index in [0.717, 1.165) is 5.56 Å². The molecule has 0 aliphatic rings. The summed E-state index contributed by atoms with van der Waals surface area (Å²) in [6, 6.07) is 10.5. The molecular formula is C14H14ClFN2. The van der Waals surface area contributed by atoms with E-state index < -0.39 is 0 Å². The molecule has 1 aromatic heterocycles. The second-order valence-electron chi connectivity index (χ2n) is 4.25. The summed E-state index contributed by atoms with van der Waals surface area (Å²) < 4.78 is 13.5. The van der Waals surface area contributed by atoms with Gasteiger partial charge in [-0.25, -0.2) is 9.37 Å². The fraction of sp³-hybridized carbons (Fsp3) is 0.214. The molecule has 4 heteroatoms. The third kappa shape index (κ3) is 3.52. The number of aromatic nitrogens is 1. The number of pyridine rings is 1. The Kier molecular flexibility index (Phi) is 4.28. The quantitative estimate of drug-likeness (QED) is 0.786. The van der Waals surface area contributed by atoms with Crippen LogP contribution in [0.3, 0.4) is 0 Å². The highest BCUT2D eigenvalue weighted by Gasteiger charge is 2.05. The van der Waals surface area contributed by atoms with Crippen molar-refractivity contribution in [3.8, 4) is 0 Å². The van der Waals surface area contributed by atoms with Crippen LogP contribution in [0.5, 0.6) is 0 Å². The first kappa shape index (κ1) is 13.0. The van der Waals surface area contributed by atoms with Crippen LogP contribution in [-0.4, -0.2) is 16.9 Å². The average molecular weight is 265 g/mol. The molecule has 0 fully saturated rings. The third-order valence-corrected chi connectivity index (χ3v) is 2.86. The third-order valence-electron chi connectivity index (χ3n) is 2.64. The van der Waals surface area contributed by atoms with E-state index in [0.29, 0.717) is 23.8 Å². The van der Waals surface area contributed by atoms with E-state index >= 15 is 0 Å². The van der Waals surface area contributed by atoms with Gasteiger partial charge in [-0.2, -0.15) is 0 Å². The second kappa shape index (κ2) is 5.94. The number of nitrogens with zero attached hydrogens (tertiary/aromatic N) is 2. The summed E-state index contributed by atoms with van der Waals surface area (Å²) in [5.74, 6) is -0.168. The molecule has 0 aliphatic heterocycles. The minimum absolute atomic E-state index is 0.168. The van der Waals surface area contributed by atoms with E-state index in [-0.39, 0.29) is 5.82 Å². The Labute approximate surface area is 111 Å². The molecule has 0 amide bonds. The van der Waals surface area contributed by atoms with Crippen LogP contribution in [0.1, 0.15) is 11.1 Å². The molecule has 1 aromatic carbocycles. The Hall–Kier alpha value is -1.45. The standard InChI is InChI=1S/C14H14ClFN2/c1-18(9-11-6-7-14(15)17-8-11)10-12-4-2-3-5-13(12)16/h2-8H,9-10H2,1H3. The molecule has 0 saturated heterocycles. The van der Waals surface area contributed by atoms with Gasteiger partial charge >= 0.3 is 0 Å². The van der Waals surface area contributed by atoms with Gasteiger partial charge in [0.2, 0.25) is 0 Å². The van der Waals surface area contributed by atoms with Crippen LogP contribution in [0, 0.1) is 5.82 Å². The molecule has 0 radical (unpaired) electrons. The van der Waals surface area contributed by atoms with Crippen molar-refractivity contribution in [2.24, 2.45) is 0 Å². The molecule has 0 atom stereocenters. The van der Waals surface area contributed by atoms with E-state index in [4.69, 9.17) is 11.6 Å². The normalized spacial score (nSPS) is 10.9. The molecule has 1 heterocycles. The van der Waals surface area contributed by atoms with Crippen molar-refractivity contribution in [1.82, 2.24) is 9.88 Å². The maximum Gasteiger partial charge on any atom is 0.129 e. The van der Waals surface area contributed by atoms with Gasteiger partial charge in [0.1, 0.15) is 11.0 Å². The summed E-state index contributed by atoms with van der Waals surface area (Å²) in [7, 11) is 1.95. The van der Waals surface area contributed by atoms with Crippen LogP contribution < -0.4 is 0 Å². The minimum atomic E-state index is -0.168. The largest absolute Gasteiger partial charge is 0.298 e. The maximum absolute atomic E-state index is 13.5. The van der Waals surface area contributed by atoms with Gasteiger partial charge in [-0.05, 0) is 24.7 Å². The second-order valence-corrected chi connectivity index (χ2v) is 4.64. The summed E-state index contributed by atoms with van der Waals surface area (Å²) in [4.78, 5) is 6.05. The lowest BCUT2D eigenvalue weighted by molar-refractivity contribution is 0.313. The van der Waals surface area contributed by atoms with Gasteiger partial charge in [-0.3, -0.25) is 4.90 Å². The molecule has 0 saturated carbocycles. The molecule has 18 heavy (non-hydrogen) atoms. The van der Waals surface area contributed by atoms with Crippen molar-refractivity contribution in [1.29, 1.82) is 0 Å². The molecule has 0 aliphatic carbocycles. The smallest absolute Gasteiger partial charge is 0.129 e. The number of benzene rings is 1. The monoisotopic (exact) mass is 264 g/mol. The van der Waals surface area contributed by atoms with Gasteiger partial charge in [0.25, 0.3) is 0 Å². The summed E-state index contributed by atoms with van der Waals surface area (Å²) in [6.45, 7) is 1.27. The highest BCUT2D eigenvalue weighted by molar-refractivity contribution is 6.29. The zero-order valence-electron chi connectivity index (χ0n) is 10.1. The van der Waals surface area contributed by atoms with Crippen molar-refractivity contribution in [3.05, 3.63) is 64.7 Å². The number of halogens is 2. The lowest BCUT2D eigenvalue weighted by atomic mass is 10.2. The highest BCUT2D eigenvalue weighted by Crippen LogP contribution is 2.12. The van der Waals surface area contributed by atoms with Gasteiger partial charge < -0.3 is 0 Å². The molecule has 0 spiro atoms. The maximum atomic E-state index is 13.5. The molecular weight excluding hydrogens is 251 g/mol. The van der Waals surface area contributed by atoms with Gasteiger partial charge in [0, 0.05) is 24.8 Å². The van der Waals surface area contributed by atoms with Crippen LogP contribution in [0.25, 0.3) is 0 Å². The predicted octanol–water partition coefficient (Wildman–Crippen LogP) is 3.51. The first-order chi connectivity index (χ1) is 8.65. The molecule has 0 unspecified atom stereocenters. The highest BCUT2D eigenvalue weighted by atomic mass is 35.5. The van der Waals surface area contributed by atoms with E-state index in [9.17, 15) is 4.39 Å². The average Bonchev–Trinajstić information content (AvgIpc) is 2.35. The van der Waals surface area contributed by atoms with E-state index in [1.807, 2.05) is 24.1 Å². The Balaban J connectivity index is 1.99. The van der Waals surface area contributed by atoms with Gasteiger partial charge in [0.15, 0.2) is 0 Å². The summed E-state index contributed by atoms with van der Waals surface area (Å²) >= 11 is 5.72. The molecule has 94 valence electrons. The van der Waals surface area contributed by atoms with Crippen LogP contribution in [0.2, 0.25) is 5.15 Å². The lowest BCUT2D eigenvalue weighted by Gasteiger charge is -2.17. The Morgan fingerprint density at radius 2 is 1.94 bits per heavy atom. The van der Waals surface area contributed by atoms with Gasteiger partial charge in [-0.15, -0.1) is 0 Å². The van der Waals surface area contributed by atoms with Crippen molar-refractivity contribution < 1.29 is 4.39 Å². The van der Waals surface area contributed by atoms with E-state index in [1.165, 1.54) is 6.07 Å².